The van der Waals surface area contributed by atoms with Crippen molar-refractivity contribution in [2.24, 2.45) is 0 Å². The van der Waals surface area contributed by atoms with Crippen molar-refractivity contribution >= 4 is 28.0 Å². The van der Waals surface area contributed by atoms with E-state index >= 15 is 0 Å². The normalized spacial score (nSPS) is 15.1. The number of hydrogen-bond acceptors (Lipinski definition) is 6. The molecule has 2 aromatic heterocycles. The number of aromatic nitrogens is 2. The molecule has 0 saturated carbocycles. The molecule has 1 aromatic carbocycles. The summed E-state index contributed by atoms with van der Waals surface area (Å²) >= 11 is 0. The third-order valence-corrected chi connectivity index (χ3v) is 6.54. The Kier molecular flexibility index (Phi) is 7.51. The Balaban J connectivity index is 1.50. The smallest absolute Gasteiger partial charge is 0.214 e. The lowest BCUT2D eigenvalue weighted by molar-refractivity contribution is 0.110. The largest absolute Gasteiger partial charge is 0.474 e. The van der Waals surface area contributed by atoms with E-state index in [1.807, 2.05) is 39.2 Å². The lowest BCUT2D eigenvalue weighted by Gasteiger charge is -2.29. The highest BCUT2D eigenvalue weighted by atomic mass is 16.5. The third kappa shape index (κ3) is 5.89. The van der Waals surface area contributed by atoms with E-state index in [2.05, 4.69) is 75.6 Å². The van der Waals surface area contributed by atoms with Gasteiger partial charge in [-0.2, -0.15) is 0 Å². The van der Waals surface area contributed by atoms with Gasteiger partial charge in [-0.05, 0) is 62.9 Å². The van der Waals surface area contributed by atoms with Crippen molar-refractivity contribution in [2.45, 2.75) is 32.8 Å². The second kappa shape index (κ2) is 10.7. The van der Waals surface area contributed by atoms with Gasteiger partial charge in [-0.3, -0.25) is 0 Å². The maximum Gasteiger partial charge on any atom is 0.214 e. The van der Waals surface area contributed by atoms with Crippen LogP contribution in [-0.4, -0.2) is 53.1 Å². The molecule has 6 nitrogen and oxygen atoms in total. The van der Waals surface area contributed by atoms with Crippen LogP contribution in [0.5, 0.6) is 5.88 Å². The molecule has 0 unspecified atom stereocenters. The van der Waals surface area contributed by atoms with Crippen molar-refractivity contribution < 1.29 is 4.74 Å². The molecule has 1 saturated heterocycles. The molecule has 1 aliphatic heterocycles. The minimum Gasteiger partial charge on any atom is -0.474 e. The molecule has 1 aliphatic rings. The predicted molar refractivity (Wildman–Crippen MR) is 146 cm³/mol. The number of likely N-dealkylation sites (tertiary alicyclic amines) is 1. The Bertz CT molecular complexity index is 1260. The molecule has 0 atom stereocenters. The highest BCUT2D eigenvalue weighted by Crippen LogP contribution is 2.27. The maximum absolute atomic E-state index is 6.15. The number of allylic oxidation sites excluding steroid dienone is 2. The predicted octanol–water partition coefficient (Wildman–Crippen LogP) is 6.01. The lowest BCUT2D eigenvalue weighted by atomic mass is 10.1. The second-order valence-corrected chi connectivity index (χ2v) is 9.21. The SMILES string of the molecule is C=C(Nc1cc2cc(/C(=C/C)N(C)C(=C)C)ccc2cn1)c1ccnc(OC2CCN(C)CC2)c1. The number of ether oxygens (including phenoxy) is 1. The number of rotatable bonds is 8. The van der Waals surface area contributed by atoms with Crippen molar-refractivity contribution in [3.8, 4) is 5.88 Å². The van der Waals surface area contributed by atoms with Gasteiger partial charge in [-0.15, -0.1) is 0 Å². The monoisotopic (exact) mass is 469 g/mol. The van der Waals surface area contributed by atoms with Gasteiger partial charge < -0.3 is 19.9 Å². The van der Waals surface area contributed by atoms with E-state index in [9.17, 15) is 0 Å². The molecule has 0 radical (unpaired) electrons. The van der Waals surface area contributed by atoms with E-state index in [0.29, 0.717) is 5.88 Å². The van der Waals surface area contributed by atoms with Gasteiger partial charge in [-0.25, -0.2) is 9.97 Å². The fraction of sp³-hybridized carbons (Fsp3) is 0.310. The first-order valence-corrected chi connectivity index (χ1v) is 12.1. The molecule has 0 spiro atoms. The molecule has 182 valence electrons. The van der Waals surface area contributed by atoms with Crippen molar-refractivity contribution in [2.75, 3.05) is 32.5 Å². The number of hydrogen-bond donors (Lipinski definition) is 1. The highest BCUT2D eigenvalue weighted by Gasteiger charge is 2.18. The van der Waals surface area contributed by atoms with Gasteiger partial charge in [0.15, 0.2) is 0 Å². The van der Waals surface area contributed by atoms with Gasteiger partial charge in [0.1, 0.15) is 11.9 Å². The Morgan fingerprint density at radius 3 is 2.57 bits per heavy atom. The third-order valence-electron chi connectivity index (χ3n) is 6.54. The first-order valence-electron chi connectivity index (χ1n) is 12.1. The van der Waals surface area contributed by atoms with E-state index in [4.69, 9.17) is 4.74 Å². The van der Waals surface area contributed by atoms with Gasteiger partial charge in [0.2, 0.25) is 5.88 Å². The number of nitrogens with zero attached hydrogens (tertiary/aromatic N) is 4. The Hall–Kier alpha value is -3.64. The number of pyridine rings is 2. The van der Waals surface area contributed by atoms with Crippen LogP contribution in [0, 0.1) is 0 Å². The quantitative estimate of drug-likeness (QED) is 0.436. The van der Waals surface area contributed by atoms with Crippen LogP contribution in [0.15, 0.2) is 73.7 Å². The molecule has 0 amide bonds. The average Bonchev–Trinajstić information content (AvgIpc) is 2.85. The molecular weight excluding hydrogens is 434 g/mol. The summed E-state index contributed by atoms with van der Waals surface area (Å²) in [6.45, 7) is 14.4. The molecule has 4 rings (SSSR count). The van der Waals surface area contributed by atoms with Gasteiger partial charge in [0.25, 0.3) is 0 Å². The van der Waals surface area contributed by atoms with Crippen molar-refractivity contribution in [3.05, 3.63) is 84.8 Å². The lowest BCUT2D eigenvalue weighted by Crippen LogP contribution is -2.35. The molecule has 35 heavy (non-hydrogen) atoms. The van der Waals surface area contributed by atoms with E-state index in [-0.39, 0.29) is 6.10 Å². The zero-order valence-electron chi connectivity index (χ0n) is 21.2. The highest BCUT2D eigenvalue weighted by molar-refractivity contribution is 5.88. The van der Waals surface area contributed by atoms with Crippen LogP contribution in [0.2, 0.25) is 0 Å². The Labute approximate surface area is 208 Å². The van der Waals surface area contributed by atoms with Crippen LogP contribution in [0.4, 0.5) is 5.82 Å². The summed E-state index contributed by atoms with van der Waals surface area (Å²) < 4.78 is 6.15. The number of anilines is 1. The molecule has 1 N–H and O–H groups in total. The van der Waals surface area contributed by atoms with Crippen LogP contribution in [0.25, 0.3) is 22.2 Å². The first kappa shape index (κ1) is 24.5. The molecular formula is C29H35N5O. The van der Waals surface area contributed by atoms with Crippen LogP contribution in [0.3, 0.4) is 0 Å². The minimum absolute atomic E-state index is 0.206. The van der Waals surface area contributed by atoms with Crippen molar-refractivity contribution in [3.63, 3.8) is 0 Å². The van der Waals surface area contributed by atoms with E-state index in [1.165, 1.54) is 0 Å². The van der Waals surface area contributed by atoms with E-state index in [0.717, 1.165) is 70.7 Å². The van der Waals surface area contributed by atoms with Crippen LogP contribution < -0.4 is 10.1 Å². The minimum atomic E-state index is 0.206. The molecule has 3 heterocycles. The molecule has 3 aromatic rings. The molecule has 0 bridgehead atoms. The summed E-state index contributed by atoms with van der Waals surface area (Å²) in [6.07, 6.45) is 7.99. The summed E-state index contributed by atoms with van der Waals surface area (Å²) in [6, 6.07) is 12.3. The number of nitrogens with one attached hydrogen (secondary N) is 1. The van der Waals surface area contributed by atoms with E-state index in [1.54, 1.807) is 6.20 Å². The second-order valence-electron chi connectivity index (χ2n) is 9.21. The molecule has 0 aliphatic carbocycles. The van der Waals surface area contributed by atoms with Crippen LogP contribution in [0.1, 0.15) is 37.8 Å². The number of benzene rings is 1. The summed E-state index contributed by atoms with van der Waals surface area (Å²) in [5, 5.41) is 5.54. The van der Waals surface area contributed by atoms with Gasteiger partial charge in [0.05, 0.1) is 0 Å². The summed E-state index contributed by atoms with van der Waals surface area (Å²) in [5.41, 5.74) is 4.91. The van der Waals surface area contributed by atoms with Gasteiger partial charge >= 0.3 is 0 Å². The molecule has 6 heteroatoms. The van der Waals surface area contributed by atoms with Gasteiger partial charge in [0, 0.05) is 66.6 Å². The van der Waals surface area contributed by atoms with Crippen LogP contribution >= 0.6 is 0 Å². The van der Waals surface area contributed by atoms with Crippen molar-refractivity contribution in [1.82, 2.24) is 19.8 Å². The van der Waals surface area contributed by atoms with E-state index < -0.39 is 0 Å². The zero-order chi connectivity index (χ0) is 24.9. The number of piperidine rings is 1. The average molecular weight is 470 g/mol. The van der Waals surface area contributed by atoms with Crippen molar-refractivity contribution in [1.29, 1.82) is 0 Å². The summed E-state index contributed by atoms with van der Waals surface area (Å²) in [5.74, 6) is 1.38. The fourth-order valence-electron chi connectivity index (χ4n) is 4.29. The Morgan fingerprint density at radius 1 is 1.09 bits per heavy atom. The number of fused-ring (bicyclic) bond motifs is 1. The van der Waals surface area contributed by atoms with Crippen LogP contribution in [-0.2, 0) is 0 Å². The Morgan fingerprint density at radius 2 is 1.86 bits per heavy atom. The van der Waals surface area contributed by atoms with Gasteiger partial charge in [-0.1, -0.05) is 31.4 Å². The summed E-state index contributed by atoms with van der Waals surface area (Å²) in [7, 11) is 4.18. The fourth-order valence-corrected chi connectivity index (χ4v) is 4.29. The standard InChI is InChI=1S/C29H35N5O/c1-7-27(34(6)20(2)3)23-8-9-24-19-31-28(17-25(24)16-23)32-21(4)22-10-13-30-29(18-22)35-26-11-14-33(5)15-12-26/h7-10,13,16-19,26H,2,4,11-12,14-15H2,1,3,5-6H3,(H,31,32)/b27-7-. The maximum atomic E-state index is 6.15. The topological polar surface area (TPSA) is 53.5 Å². The summed E-state index contributed by atoms with van der Waals surface area (Å²) in [4.78, 5) is 13.4. The first-order chi connectivity index (χ1) is 16.8. The zero-order valence-corrected chi connectivity index (χ0v) is 21.2. The molecule has 1 fully saturated rings.